The van der Waals surface area contributed by atoms with Crippen LogP contribution in [0.3, 0.4) is 0 Å². The molecule has 0 atom stereocenters. The highest BCUT2D eigenvalue weighted by Gasteiger charge is 2.01. The SMILES string of the molecule is CCCNCc1cncc(OCc2ccc(OC)cc2)n1. The summed E-state index contributed by atoms with van der Waals surface area (Å²) >= 11 is 0. The Balaban J connectivity index is 1.88. The highest BCUT2D eigenvalue weighted by atomic mass is 16.5. The summed E-state index contributed by atoms with van der Waals surface area (Å²) in [6, 6.07) is 7.77. The van der Waals surface area contributed by atoms with Crippen LogP contribution in [0.1, 0.15) is 24.6 Å². The molecule has 0 aliphatic carbocycles. The maximum atomic E-state index is 5.67. The number of methoxy groups -OCH3 is 1. The molecule has 1 aromatic heterocycles. The second kappa shape index (κ2) is 8.21. The minimum atomic E-state index is 0.463. The summed E-state index contributed by atoms with van der Waals surface area (Å²) in [7, 11) is 1.65. The molecule has 0 radical (unpaired) electrons. The highest BCUT2D eigenvalue weighted by molar-refractivity contribution is 5.27. The number of benzene rings is 1. The van der Waals surface area contributed by atoms with E-state index in [0.29, 0.717) is 19.0 Å². The molecule has 0 bridgehead atoms. The molecule has 0 aliphatic rings. The van der Waals surface area contributed by atoms with E-state index in [4.69, 9.17) is 9.47 Å². The number of hydrogen-bond donors (Lipinski definition) is 1. The van der Waals surface area contributed by atoms with Gasteiger partial charge in [-0.05, 0) is 30.7 Å². The third kappa shape index (κ3) is 5.04. The van der Waals surface area contributed by atoms with Gasteiger partial charge in [-0.3, -0.25) is 4.98 Å². The Hall–Kier alpha value is -2.14. The predicted molar refractivity (Wildman–Crippen MR) is 81.4 cm³/mol. The summed E-state index contributed by atoms with van der Waals surface area (Å²) in [5, 5.41) is 3.29. The van der Waals surface area contributed by atoms with E-state index in [2.05, 4.69) is 22.2 Å². The van der Waals surface area contributed by atoms with Crippen molar-refractivity contribution in [2.24, 2.45) is 0 Å². The van der Waals surface area contributed by atoms with Crippen LogP contribution in [-0.2, 0) is 13.2 Å². The Kier molecular flexibility index (Phi) is 5.97. The molecule has 21 heavy (non-hydrogen) atoms. The number of aromatic nitrogens is 2. The first-order chi connectivity index (χ1) is 10.3. The molecule has 5 heteroatoms. The Morgan fingerprint density at radius 1 is 1.14 bits per heavy atom. The lowest BCUT2D eigenvalue weighted by atomic mass is 10.2. The van der Waals surface area contributed by atoms with Gasteiger partial charge in [0.25, 0.3) is 0 Å². The summed E-state index contributed by atoms with van der Waals surface area (Å²) in [5.74, 6) is 1.38. The molecular weight excluding hydrogens is 266 g/mol. The van der Waals surface area contributed by atoms with Crippen molar-refractivity contribution in [3.63, 3.8) is 0 Å². The van der Waals surface area contributed by atoms with Crippen molar-refractivity contribution >= 4 is 0 Å². The summed E-state index contributed by atoms with van der Waals surface area (Å²) < 4.78 is 10.8. The summed E-state index contributed by atoms with van der Waals surface area (Å²) in [6.07, 6.45) is 4.48. The molecule has 0 saturated heterocycles. The number of nitrogens with one attached hydrogen (secondary N) is 1. The van der Waals surface area contributed by atoms with Crippen molar-refractivity contribution in [3.8, 4) is 11.6 Å². The molecule has 0 aliphatic heterocycles. The molecule has 0 saturated carbocycles. The van der Waals surface area contributed by atoms with Gasteiger partial charge >= 0.3 is 0 Å². The highest BCUT2D eigenvalue weighted by Crippen LogP contribution is 2.13. The molecule has 1 heterocycles. The van der Waals surface area contributed by atoms with Crippen molar-refractivity contribution in [1.29, 1.82) is 0 Å². The minimum absolute atomic E-state index is 0.463. The first-order valence-corrected chi connectivity index (χ1v) is 7.09. The molecule has 0 amide bonds. The van der Waals surface area contributed by atoms with E-state index in [1.54, 1.807) is 19.5 Å². The lowest BCUT2D eigenvalue weighted by Crippen LogP contribution is -2.15. The van der Waals surface area contributed by atoms with Crippen LogP contribution in [0.15, 0.2) is 36.7 Å². The average molecular weight is 287 g/mol. The number of ether oxygens (including phenoxy) is 2. The molecule has 0 fully saturated rings. The van der Waals surface area contributed by atoms with E-state index in [0.717, 1.165) is 30.0 Å². The summed E-state index contributed by atoms with van der Waals surface area (Å²) in [5.41, 5.74) is 1.95. The molecule has 0 spiro atoms. The first-order valence-electron chi connectivity index (χ1n) is 7.09. The smallest absolute Gasteiger partial charge is 0.232 e. The van der Waals surface area contributed by atoms with Crippen LogP contribution in [0.25, 0.3) is 0 Å². The van der Waals surface area contributed by atoms with E-state index in [1.807, 2.05) is 24.3 Å². The van der Waals surface area contributed by atoms with Crippen LogP contribution in [0.5, 0.6) is 11.6 Å². The second-order valence-corrected chi connectivity index (χ2v) is 4.66. The fourth-order valence-electron chi connectivity index (χ4n) is 1.81. The second-order valence-electron chi connectivity index (χ2n) is 4.66. The van der Waals surface area contributed by atoms with Crippen molar-refractivity contribution in [3.05, 3.63) is 47.9 Å². The Labute approximate surface area is 125 Å². The van der Waals surface area contributed by atoms with E-state index < -0.39 is 0 Å². The standard InChI is InChI=1S/C16H21N3O2/c1-3-8-17-9-14-10-18-11-16(19-14)21-12-13-4-6-15(20-2)7-5-13/h4-7,10-11,17H,3,8-9,12H2,1-2H3. The van der Waals surface area contributed by atoms with Gasteiger partial charge in [-0.25, -0.2) is 4.98 Å². The number of hydrogen-bond acceptors (Lipinski definition) is 5. The summed E-state index contributed by atoms with van der Waals surface area (Å²) in [4.78, 5) is 8.58. The molecule has 5 nitrogen and oxygen atoms in total. The van der Waals surface area contributed by atoms with E-state index >= 15 is 0 Å². The molecule has 2 aromatic rings. The molecule has 112 valence electrons. The van der Waals surface area contributed by atoms with E-state index in [1.165, 1.54) is 0 Å². The quantitative estimate of drug-likeness (QED) is 0.756. The van der Waals surface area contributed by atoms with Crippen molar-refractivity contribution < 1.29 is 9.47 Å². The Bertz CT molecular complexity index is 543. The topological polar surface area (TPSA) is 56.3 Å². The van der Waals surface area contributed by atoms with Crippen LogP contribution >= 0.6 is 0 Å². The lowest BCUT2D eigenvalue weighted by Gasteiger charge is -2.08. The van der Waals surface area contributed by atoms with Gasteiger partial charge in [-0.15, -0.1) is 0 Å². The monoisotopic (exact) mass is 287 g/mol. The molecule has 1 aromatic carbocycles. The normalized spacial score (nSPS) is 10.4. The van der Waals surface area contributed by atoms with Gasteiger partial charge in [-0.2, -0.15) is 0 Å². The number of nitrogens with zero attached hydrogens (tertiary/aromatic N) is 2. The van der Waals surface area contributed by atoms with Gasteiger partial charge in [0.1, 0.15) is 12.4 Å². The zero-order chi connectivity index (χ0) is 14.9. The van der Waals surface area contributed by atoms with Gasteiger partial charge < -0.3 is 14.8 Å². The molecule has 2 rings (SSSR count). The zero-order valence-electron chi connectivity index (χ0n) is 12.5. The predicted octanol–water partition coefficient (Wildman–Crippen LogP) is 2.56. The minimum Gasteiger partial charge on any atom is -0.497 e. The fourth-order valence-corrected chi connectivity index (χ4v) is 1.81. The average Bonchev–Trinajstić information content (AvgIpc) is 2.54. The van der Waals surface area contributed by atoms with Crippen molar-refractivity contribution in [2.75, 3.05) is 13.7 Å². The zero-order valence-corrected chi connectivity index (χ0v) is 12.5. The summed E-state index contributed by atoms with van der Waals surface area (Å²) in [6.45, 7) is 4.27. The van der Waals surface area contributed by atoms with Gasteiger partial charge in [0.2, 0.25) is 5.88 Å². The van der Waals surface area contributed by atoms with E-state index in [-0.39, 0.29) is 0 Å². The third-order valence-electron chi connectivity index (χ3n) is 2.94. The molecule has 0 unspecified atom stereocenters. The largest absolute Gasteiger partial charge is 0.497 e. The van der Waals surface area contributed by atoms with Crippen LogP contribution < -0.4 is 14.8 Å². The van der Waals surface area contributed by atoms with Gasteiger partial charge in [-0.1, -0.05) is 19.1 Å². The van der Waals surface area contributed by atoms with Gasteiger partial charge in [0, 0.05) is 12.7 Å². The maximum Gasteiger partial charge on any atom is 0.232 e. The van der Waals surface area contributed by atoms with Crippen LogP contribution in [0, 0.1) is 0 Å². The lowest BCUT2D eigenvalue weighted by molar-refractivity contribution is 0.291. The van der Waals surface area contributed by atoms with Crippen molar-refractivity contribution in [1.82, 2.24) is 15.3 Å². The van der Waals surface area contributed by atoms with E-state index in [9.17, 15) is 0 Å². The fraction of sp³-hybridized carbons (Fsp3) is 0.375. The molecular formula is C16H21N3O2. The van der Waals surface area contributed by atoms with Gasteiger partial charge in [0.05, 0.1) is 19.0 Å². The maximum absolute atomic E-state index is 5.67. The van der Waals surface area contributed by atoms with Crippen molar-refractivity contribution in [2.45, 2.75) is 26.5 Å². The molecule has 1 N–H and O–H groups in total. The third-order valence-corrected chi connectivity index (χ3v) is 2.94. The van der Waals surface area contributed by atoms with Crippen LogP contribution in [0.2, 0.25) is 0 Å². The van der Waals surface area contributed by atoms with Gasteiger partial charge in [0.15, 0.2) is 0 Å². The number of rotatable bonds is 8. The Morgan fingerprint density at radius 2 is 1.95 bits per heavy atom. The first kappa shape index (κ1) is 15.3. The van der Waals surface area contributed by atoms with Crippen LogP contribution in [0.4, 0.5) is 0 Å². The van der Waals surface area contributed by atoms with Crippen LogP contribution in [-0.4, -0.2) is 23.6 Å². The Morgan fingerprint density at radius 3 is 2.67 bits per heavy atom.